The van der Waals surface area contributed by atoms with E-state index in [0.29, 0.717) is 18.8 Å². The van der Waals surface area contributed by atoms with Gasteiger partial charge in [0.2, 0.25) is 0 Å². The average Bonchev–Trinajstić information content (AvgIpc) is 2.49. The number of unbranched alkanes of at least 4 members (excludes halogenated alkanes) is 1. The molecule has 0 atom stereocenters. The maximum atomic E-state index is 12.4. The number of benzene rings is 1. The van der Waals surface area contributed by atoms with Crippen molar-refractivity contribution in [3.63, 3.8) is 0 Å². The first kappa shape index (κ1) is 19.1. The summed E-state index contributed by atoms with van der Waals surface area (Å²) in [5, 5.41) is 0. The molecule has 5 heteroatoms. The van der Waals surface area contributed by atoms with E-state index < -0.39 is 5.60 Å². The van der Waals surface area contributed by atoms with Gasteiger partial charge in [0.25, 0.3) is 0 Å². The molecular weight excluding hydrogens is 294 g/mol. The highest BCUT2D eigenvalue weighted by atomic mass is 16.6. The second-order valence-electron chi connectivity index (χ2n) is 6.43. The van der Waals surface area contributed by atoms with Gasteiger partial charge in [-0.3, -0.25) is 0 Å². The molecular formula is C18H29NO4. The highest BCUT2D eigenvalue weighted by molar-refractivity contribution is 5.68. The van der Waals surface area contributed by atoms with Gasteiger partial charge >= 0.3 is 6.09 Å². The molecule has 1 aromatic rings. The fraction of sp³-hybridized carbons (Fsp3) is 0.611. The summed E-state index contributed by atoms with van der Waals surface area (Å²) in [6, 6.07) is 5.61. The van der Waals surface area contributed by atoms with Crippen LogP contribution in [-0.4, -0.2) is 37.4 Å². The van der Waals surface area contributed by atoms with Gasteiger partial charge < -0.3 is 19.1 Å². The van der Waals surface area contributed by atoms with Crippen molar-refractivity contribution in [2.24, 2.45) is 0 Å². The SMILES string of the molecule is CCCCN(Cc1ccc(OC)cc1OC)C(=O)OC(C)(C)C. The number of rotatable bonds is 7. The summed E-state index contributed by atoms with van der Waals surface area (Å²) in [5.74, 6) is 1.43. The maximum Gasteiger partial charge on any atom is 0.410 e. The van der Waals surface area contributed by atoms with Crippen LogP contribution in [0, 0.1) is 0 Å². The highest BCUT2D eigenvalue weighted by Crippen LogP contribution is 2.26. The lowest BCUT2D eigenvalue weighted by molar-refractivity contribution is 0.0230. The molecule has 0 unspecified atom stereocenters. The van der Waals surface area contributed by atoms with Crippen molar-refractivity contribution in [1.82, 2.24) is 4.90 Å². The molecule has 1 rings (SSSR count). The summed E-state index contributed by atoms with van der Waals surface area (Å²) in [4.78, 5) is 14.2. The first-order valence-corrected chi connectivity index (χ1v) is 7.99. The van der Waals surface area contributed by atoms with E-state index in [1.807, 2.05) is 39.0 Å². The zero-order chi connectivity index (χ0) is 17.5. The molecule has 0 spiro atoms. The first-order chi connectivity index (χ1) is 10.8. The van der Waals surface area contributed by atoms with Crippen LogP contribution in [0.2, 0.25) is 0 Å². The molecule has 130 valence electrons. The molecule has 0 N–H and O–H groups in total. The molecule has 0 saturated heterocycles. The quantitative estimate of drug-likeness (QED) is 0.753. The molecule has 1 aromatic carbocycles. The highest BCUT2D eigenvalue weighted by Gasteiger charge is 2.23. The number of carbonyl (C=O) groups is 1. The minimum atomic E-state index is -0.508. The van der Waals surface area contributed by atoms with Gasteiger partial charge in [0, 0.05) is 18.2 Å². The molecule has 0 fully saturated rings. The number of nitrogens with zero attached hydrogens (tertiary/aromatic N) is 1. The summed E-state index contributed by atoms with van der Waals surface area (Å²) < 4.78 is 16.1. The van der Waals surface area contributed by atoms with E-state index in [4.69, 9.17) is 14.2 Å². The smallest absolute Gasteiger partial charge is 0.410 e. The maximum absolute atomic E-state index is 12.4. The predicted molar refractivity (Wildman–Crippen MR) is 91.1 cm³/mol. The Bertz CT molecular complexity index is 508. The number of methoxy groups -OCH3 is 2. The van der Waals surface area contributed by atoms with Crippen LogP contribution in [-0.2, 0) is 11.3 Å². The zero-order valence-corrected chi connectivity index (χ0v) is 15.1. The van der Waals surface area contributed by atoms with Crippen LogP contribution in [0.4, 0.5) is 4.79 Å². The van der Waals surface area contributed by atoms with E-state index in [1.54, 1.807) is 19.1 Å². The lowest BCUT2D eigenvalue weighted by Crippen LogP contribution is -2.37. The Kier molecular flexibility index (Phi) is 7.20. The summed E-state index contributed by atoms with van der Waals surface area (Å²) >= 11 is 0. The van der Waals surface area contributed by atoms with Crippen LogP contribution in [0.25, 0.3) is 0 Å². The number of amides is 1. The fourth-order valence-corrected chi connectivity index (χ4v) is 2.10. The fourth-order valence-electron chi connectivity index (χ4n) is 2.10. The average molecular weight is 323 g/mol. The largest absolute Gasteiger partial charge is 0.497 e. The van der Waals surface area contributed by atoms with Gasteiger partial charge in [0.05, 0.1) is 20.8 Å². The van der Waals surface area contributed by atoms with Crippen LogP contribution in [0.5, 0.6) is 11.5 Å². The van der Waals surface area contributed by atoms with Gasteiger partial charge in [-0.05, 0) is 39.3 Å². The van der Waals surface area contributed by atoms with Crippen LogP contribution < -0.4 is 9.47 Å². The van der Waals surface area contributed by atoms with Crippen molar-refractivity contribution < 1.29 is 19.0 Å². The molecule has 0 bridgehead atoms. The topological polar surface area (TPSA) is 48.0 Å². The molecule has 0 aliphatic carbocycles. The first-order valence-electron chi connectivity index (χ1n) is 7.99. The van der Waals surface area contributed by atoms with Gasteiger partial charge in [-0.1, -0.05) is 13.3 Å². The summed E-state index contributed by atoms with van der Waals surface area (Å²) in [6.07, 6.45) is 1.64. The van der Waals surface area contributed by atoms with Crippen molar-refractivity contribution in [2.45, 2.75) is 52.7 Å². The van der Waals surface area contributed by atoms with E-state index in [2.05, 4.69) is 6.92 Å². The van der Waals surface area contributed by atoms with Crippen molar-refractivity contribution in [1.29, 1.82) is 0 Å². The molecule has 0 heterocycles. The Hall–Kier alpha value is -1.91. The zero-order valence-electron chi connectivity index (χ0n) is 15.1. The summed E-state index contributed by atoms with van der Waals surface area (Å²) in [7, 11) is 3.23. The third kappa shape index (κ3) is 6.38. The molecule has 5 nitrogen and oxygen atoms in total. The summed E-state index contributed by atoms with van der Waals surface area (Å²) in [6.45, 7) is 8.81. The Balaban J connectivity index is 2.94. The molecule has 0 aromatic heterocycles. The number of hydrogen-bond donors (Lipinski definition) is 0. The third-order valence-electron chi connectivity index (χ3n) is 3.29. The number of carbonyl (C=O) groups excluding carboxylic acids is 1. The van der Waals surface area contributed by atoms with Crippen molar-refractivity contribution in [3.8, 4) is 11.5 Å². The van der Waals surface area contributed by atoms with Crippen molar-refractivity contribution in [3.05, 3.63) is 23.8 Å². The molecule has 23 heavy (non-hydrogen) atoms. The van der Waals surface area contributed by atoms with E-state index in [0.717, 1.165) is 24.2 Å². The van der Waals surface area contributed by atoms with Gasteiger partial charge in [-0.2, -0.15) is 0 Å². The minimum absolute atomic E-state index is 0.302. The standard InChI is InChI=1S/C18H29NO4/c1-7-8-11-19(17(20)23-18(2,3)4)13-14-9-10-15(21-5)12-16(14)22-6/h9-10,12H,7-8,11,13H2,1-6H3. The lowest BCUT2D eigenvalue weighted by Gasteiger charge is -2.28. The second-order valence-corrected chi connectivity index (χ2v) is 6.43. The second kappa shape index (κ2) is 8.65. The van der Waals surface area contributed by atoms with Crippen LogP contribution in [0.1, 0.15) is 46.1 Å². The van der Waals surface area contributed by atoms with E-state index in [-0.39, 0.29) is 6.09 Å². The van der Waals surface area contributed by atoms with Crippen LogP contribution in [0.15, 0.2) is 18.2 Å². The third-order valence-corrected chi connectivity index (χ3v) is 3.29. The van der Waals surface area contributed by atoms with Gasteiger partial charge in [-0.15, -0.1) is 0 Å². The minimum Gasteiger partial charge on any atom is -0.497 e. The van der Waals surface area contributed by atoms with Crippen LogP contribution >= 0.6 is 0 Å². The van der Waals surface area contributed by atoms with Crippen molar-refractivity contribution in [2.75, 3.05) is 20.8 Å². The van der Waals surface area contributed by atoms with Gasteiger partial charge in [0.15, 0.2) is 0 Å². The molecule has 0 aliphatic rings. The van der Waals surface area contributed by atoms with E-state index >= 15 is 0 Å². The number of ether oxygens (including phenoxy) is 3. The van der Waals surface area contributed by atoms with Crippen LogP contribution in [0.3, 0.4) is 0 Å². The molecule has 0 radical (unpaired) electrons. The Morgan fingerprint density at radius 2 is 1.87 bits per heavy atom. The predicted octanol–water partition coefficient (Wildman–Crippen LogP) is 4.24. The Morgan fingerprint density at radius 1 is 1.17 bits per heavy atom. The molecule has 0 aliphatic heterocycles. The van der Waals surface area contributed by atoms with Crippen molar-refractivity contribution >= 4 is 6.09 Å². The lowest BCUT2D eigenvalue weighted by atomic mass is 10.1. The van der Waals surface area contributed by atoms with Gasteiger partial charge in [-0.25, -0.2) is 4.79 Å². The van der Waals surface area contributed by atoms with Gasteiger partial charge in [0.1, 0.15) is 17.1 Å². The molecule has 1 amide bonds. The summed E-state index contributed by atoms with van der Waals surface area (Å²) in [5.41, 5.74) is 0.418. The molecule has 0 saturated carbocycles. The Morgan fingerprint density at radius 3 is 2.39 bits per heavy atom. The number of hydrogen-bond acceptors (Lipinski definition) is 4. The Labute approximate surface area is 139 Å². The van der Waals surface area contributed by atoms with E-state index in [1.165, 1.54) is 0 Å². The normalized spacial score (nSPS) is 11.0. The van der Waals surface area contributed by atoms with E-state index in [9.17, 15) is 4.79 Å². The monoisotopic (exact) mass is 323 g/mol.